The van der Waals surface area contributed by atoms with E-state index in [2.05, 4.69) is 0 Å². The largest absolute Gasteiger partial charge is 0.422 e. The van der Waals surface area contributed by atoms with Crippen LogP contribution in [0.15, 0.2) is 63.8 Å². The first-order chi connectivity index (χ1) is 13.0. The number of carbonyl (C=O) groups excluding carboxylic acids is 1. The van der Waals surface area contributed by atoms with Crippen LogP contribution in [0.5, 0.6) is 0 Å². The number of carbonyl (C=O) groups is 1. The Labute approximate surface area is 157 Å². The van der Waals surface area contributed by atoms with Gasteiger partial charge < -0.3 is 9.32 Å². The van der Waals surface area contributed by atoms with Gasteiger partial charge in [0.1, 0.15) is 16.5 Å². The van der Waals surface area contributed by atoms with Crippen molar-refractivity contribution >= 4 is 34.3 Å². The second kappa shape index (κ2) is 6.88. The van der Waals surface area contributed by atoms with E-state index in [0.717, 1.165) is 5.56 Å². The third kappa shape index (κ3) is 3.19. The maximum absolute atomic E-state index is 13.0. The summed E-state index contributed by atoms with van der Waals surface area (Å²) in [4.78, 5) is 37.3. The first-order valence-corrected chi connectivity index (χ1v) is 9.29. The molecule has 1 aromatic heterocycles. The summed E-state index contributed by atoms with van der Waals surface area (Å²) in [5.74, 6) is 0.314. The molecule has 4 rings (SSSR count). The van der Waals surface area contributed by atoms with E-state index in [1.54, 1.807) is 53.1 Å². The van der Waals surface area contributed by atoms with Crippen molar-refractivity contribution in [2.24, 2.45) is 0 Å². The first kappa shape index (κ1) is 17.3. The standard InChI is InChI=1S/C19H14N2O5S/c22-17(15-11-13-3-1-2-4-16(13)26-19(15)23)20-9-10-27-18(20)12-5-7-14(8-6-12)21(24)25/h1-8,11,18H,9-10H2/t18-/m0/s1. The average molecular weight is 382 g/mol. The van der Waals surface area contributed by atoms with E-state index in [9.17, 15) is 19.7 Å². The number of thioether (sulfide) groups is 1. The molecule has 2 aromatic carbocycles. The second-order valence-corrected chi connectivity index (χ2v) is 7.24. The molecule has 7 nitrogen and oxygen atoms in total. The van der Waals surface area contributed by atoms with Gasteiger partial charge in [-0.1, -0.05) is 18.2 Å². The normalized spacial score (nSPS) is 16.6. The van der Waals surface area contributed by atoms with E-state index in [4.69, 9.17) is 4.42 Å². The minimum atomic E-state index is -0.668. The Morgan fingerprint density at radius 2 is 1.93 bits per heavy atom. The molecular weight excluding hydrogens is 368 g/mol. The maximum atomic E-state index is 13.0. The van der Waals surface area contributed by atoms with Gasteiger partial charge in [0.05, 0.1) is 4.92 Å². The van der Waals surface area contributed by atoms with Crippen LogP contribution in [0, 0.1) is 10.1 Å². The van der Waals surface area contributed by atoms with Crippen LogP contribution in [0.1, 0.15) is 21.3 Å². The predicted molar refractivity (Wildman–Crippen MR) is 102 cm³/mol. The van der Waals surface area contributed by atoms with Gasteiger partial charge in [0.2, 0.25) is 0 Å². The highest BCUT2D eigenvalue weighted by Gasteiger charge is 2.33. The third-order valence-electron chi connectivity index (χ3n) is 4.41. The van der Waals surface area contributed by atoms with Crippen molar-refractivity contribution in [3.05, 3.63) is 86.3 Å². The molecule has 0 spiro atoms. The number of rotatable bonds is 3. The SMILES string of the molecule is O=C(c1cc2ccccc2oc1=O)N1CCS[C@H]1c1ccc([N+](=O)[O-])cc1. The number of non-ortho nitro benzene ring substituents is 1. The van der Waals surface area contributed by atoms with Crippen molar-refractivity contribution < 1.29 is 14.1 Å². The Balaban J connectivity index is 1.67. The van der Waals surface area contributed by atoms with Crippen LogP contribution in [0.2, 0.25) is 0 Å². The fourth-order valence-electron chi connectivity index (χ4n) is 3.08. The molecule has 0 aliphatic carbocycles. The highest BCUT2D eigenvalue weighted by atomic mass is 32.2. The van der Waals surface area contributed by atoms with E-state index >= 15 is 0 Å². The topological polar surface area (TPSA) is 93.7 Å². The van der Waals surface area contributed by atoms with E-state index in [1.165, 1.54) is 12.1 Å². The summed E-state index contributed by atoms with van der Waals surface area (Å²) < 4.78 is 5.27. The molecule has 0 bridgehead atoms. The van der Waals surface area contributed by atoms with Crippen LogP contribution in [-0.2, 0) is 0 Å². The molecule has 0 saturated carbocycles. The monoisotopic (exact) mass is 382 g/mol. The zero-order valence-electron chi connectivity index (χ0n) is 14.0. The van der Waals surface area contributed by atoms with Crippen molar-refractivity contribution in [3.8, 4) is 0 Å². The van der Waals surface area contributed by atoms with Crippen LogP contribution < -0.4 is 5.63 Å². The number of nitrogens with zero attached hydrogens (tertiary/aromatic N) is 2. The second-order valence-electron chi connectivity index (χ2n) is 6.06. The highest BCUT2D eigenvalue weighted by molar-refractivity contribution is 7.99. The van der Waals surface area contributed by atoms with Crippen molar-refractivity contribution in [1.82, 2.24) is 4.90 Å². The van der Waals surface area contributed by atoms with Gasteiger partial charge in [-0.2, -0.15) is 0 Å². The molecule has 0 unspecified atom stereocenters. The quantitative estimate of drug-likeness (QED) is 0.390. The Morgan fingerprint density at radius 3 is 2.67 bits per heavy atom. The lowest BCUT2D eigenvalue weighted by Gasteiger charge is -2.23. The van der Waals surface area contributed by atoms with Crippen molar-refractivity contribution in [2.45, 2.75) is 5.37 Å². The molecule has 1 fully saturated rings. The lowest BCUT2D eigenvalue weighted by molar-refractivity contribution is -0.384. The van der Waals surface area contributed by atoms with Crippen LogP contribution in [0.3, 0.4) is 0 Å². The van der Waals surface area contributed by atoms with Crippen LogP contribution in [0.25, 0.3) is 11.0 Å². The number of para-hydroxylation sites is 1. The Hall–Kier alpha value is -3.13. The number of nitro benzene ring substituents is 1. The molecule has 1 aliphatic heterocycles. The Kier molecular flexibility index (Phi) is 4.41. The summed E-state index contributed by atoms with van der Waals surface area (Å²) in [7, 11) is 0. The van der Waals surface area contributed by atoms with Gasteiger partial charge >= 0.3 is 5.63 Å². The van der Waals surface area contributed by atoms with Crippen molar-refractivity contribution in [3.63, 3.8) is 0 Å². The first-order valence-electron chi connectivity index (χ1n) is 8.24. The molecule has 2 heterocycles. The number of hydrogen-bond donors (Lipinski definition) is 0. The Bertz CT molecular complexity index is 1090. The Morgan fingerprint density at radius 1 is 1.19 bits per heavy atom. The van der Waals surface area contributed by atoms with Gasteiger partial charge in [-0.25, -0.2) is 4.79 Å². The molecule has 0 N–H and O–H groups in total. The molecule has 3 aromatic rings. The minimum Gasteiger partial charge on any atom is -0.422 e. The smallest absolute Gasteiger partial charge is 0.349 e. The van der Waals surface area contributed by atoms with Crippen molar-refractivity contribution in [1.29, 1.82) is 0 Å². The molecule has 0 radical (unpaired) electrons. The summed E-state index contributed by atoms with van der Waals surface area (Å²) >= 11 is 1.55. The number of amides is 1. The summed E-state index contributed by atoms with van der Waals surface area (Å²) in [5.41, 5.74) is 0.527. The summed E-state index contributed by atoms with van der Waals surface area (Å²) in [6.45, 7) is 0.484. The molecule has 8 heteroatoms. The van der Waals surface area contributed by atoms with E-state index in [0.29, 0.717) is 23.3 Å². The van der Waals surface area contributed by atoms with Gasteiger partial charge in [-0.3, -0.25) is 14.9 Å². The zero-order valence-corrected chi connectivity index (χ0v) is 14.8. The lowest BCUT2D eigenvalue weighted by Crippen LogP contribution is -2.33. The van der Waals surface area contributed by atoms with Gasteiger partial charge in [0.25, 0.3) is 11.6 Å². The molecule has 1 aliphatic rings. The van der Waals surface area contributed by atoms with Gasteiger partial charge in [-0.15, -0.1) is 11.8 Å². The fraction of sp³-hybridized carbons (Fsp3) is 0.158. The van der Waals surface area contributed by atoms with E-state index in [1.807, 2.05) is 6.07 Å². The molecule has 27 heavy (non-hydrogen) atoms. The predicted octanol–water partition coefficient (Wildman–Crippen LogP) is 3.59. The number of hydrogen-bond acceptors (Lipinski definition) is 6. The van der Waals surface area contributed by atoms with Gasteiger partial charge in [0, 0.05) is 29.8 Å². The lowest BCUT2D eigenvalue weighted by atomic mass is 10.1. The fourth-order valence-corrected chi connectivity index (χ4v) is 4.34. The van der Waals surface area contributed by atoms with Crippen LogP contribution in [-0.4, -0.2) is 28.0 Å². The molecule has 1 saturated heterocycles. The minimum absolute atomic E-state index is 0.00482. The average Bonchev–Trinajstić information content (AvgIpc) is 3.16. The van der Waals surface area contributed by atoms with Gasteiger partial charge in [-0.05, 0) is 29.8 Å². The maximum Gasteiger partial charge on any atom is 0.349 e. The molecule has 136 valence electrons. The summed E-state index contributed by atoms with van der Waals surface area (Å²) in [6, 6.07) is 14.7. The summed E-state index contributed by atoms with van der Waals surface area (Å²) in [5, 5.41) is 11.2. The number of fused-ring (bicyclic) bond motifs is 1. The molecule has 1 amide bonds. The van der Waals surface area contributed by atoms with Crippen LogP contribution >= 0.6 is 11.8 Å². The van der Waals surface area contributed by atoms with E-state index < -0.39 is 16.5 Å². The number of nitro groups is 1. The summed E-state index contributed by atoms with van der Waals surface area (Å²) in [6.07, 6.45) is 0. The van der Waals surface area contributed by atoms with Crippen molar-refractivity contribution in [2.75, 3.05) is 12.3 Å². The van der Waals surface area contributed by atoms with Crippen LogP contribution in [0.4, 0.5) is 5.69 Å². The number of benzene rings is 2. The highest BCUT2D eigenvalue weighted by Crippen LogP contribution is 2.39. The third-order valence-corrected chi connectivity index (χ3v) is 5.67. The molecular formula is C19H14N2O5S. The van der Waals surface area contributed by atoms with Gasteiger partial charge in [0.15, 0.2) is 0 Å². The van der Waals surface area contributed by atoms with E-state index in [-0.39, 0.29) is 16.6 Å². The zero-order chi connectivity index (χ0) is 19.0. The molecule has 1 atom stereocenters.